The van der Waals surface area contributed by atoms with Gasteiger partial charge >= 0.3 is 0 Å². The normalized spacial score (nSPS) is 15.6. The quantitative estimate of drug-likeness (QED) is 0.607. The SMILES string of the molecule is CCCCC(CC)CN1C(=O)C(c2ccccc2)=C(c2ccccc2)C1=O. The van der Waals surface area contributed by atoms with Crippen molar-refractivity contribution in [1.29, 1.82) is 0 Å². The van der Waals surface area contributed by atoms with E-state index >= 15 is 0 Å². The molecule has 0 saturated carbocycles. The fourth-order valence-corrected chi connectivity index (χ4v) is 3.66. The summed E-state index contributed by atoms with van der Waals surface area (Å²) in [7, 11) is 0. The number of hydrogen-bond donors (Lipinski definition) is 0. The van der Waals surface area contributed by atoms with Crippen molar-refractivity contribution in [1.82, 2.24) is 4.90 Å². The van der Waals surface area contributed by atoms with Crippen molar-refractivity contribution >= 4 is 23.0 Å². The van der Waals surface area contributed by atoms with E-state index in [1.807, 2.05) is 60.7 Å². The van der Waals surface area contributed by atoms with Crippen LogP contribution >= 0.6 is 0 Å². The predicted molar refractivity (Wildman–Crippen MR) is 110 cm³/mol. The number of carbonyl (C=O) groups is 2. The first-order valence-corrected chi connectivity index (χ1v) is 9.88. The molecule has 0 saturated heterocycles. The molecule has 0 aromatic heterocycles. The maximum absolute atomic E-state index is 13.3. The Morgan fingerprint density at radius 3 is 1.67 bits per heavy atom. The summed E-state index contributed by atoms with van der Waals surface area (Å²) in [6, 6.07) is 19.1. The molecule has 2 amide bonds. The minimum atomic E-state index is -0.167. The Morgan fingerprint density at radius 2 is 1.26 bits per heavy atom. The van der Waals surface area contributed by atoms with Gasteiger partial charge in [-0.25, -0.2) is 0 Å². The third-order valence-electron chi connectivity index (χ3n) is 5.28. The van der Waals surface area contributed by atoms with Gasteiger partial charge in [-0.1, -0.05) is 93.8 Å². The van der Waals surface area contributed by atoms with E-state index in [1.165, 1.54) is 4.90 Å². The number of nitrogens with zero attached hydrogens (tertiary/aromatic N) is 1. The third kappa shape index (κ3) is 4.02. The lowest BCUT2D eigenvalue weighted by Crippen LogP contribution is -2.36. The van der Waals surface area contributed by atoms with Crippen molar-refractivity contribution in [2.45, 2.75) is 39.5 Å². The van der Waals surface area contributed by atoms with Crippen LogP contribution in [0.3, 0.4) is 0 Å². The highest BCUT2D eigenvalue weighted by Gasteiger charge is 2.39. The molecule has 0 aliphatic carbocycles. The molecule has 0 radical (unpaired) electrons. The summed E-state index contributed by atoms with van der Waals surface area (Å²) >= 11 is 0. The van der Waals surface area contributed by atoms with Gasteiger partial charge in [-0.3, -0.25) is 14.5 Å². The van der Waals surface area contributed by atoms with Gasteiger partial charge in [0.1, 0.15) is 0 Å². The van der Waals surface area contributed by atoms with Crippen LogP contribution in [-0.2, 0) is 9.59 Å². The molecule has 3 nitrogen and oxygen atoms in total. The van der Waals surface area contributed by atoms with E-state index in [1.54, 1.807) is 0 Å². The maximum Gasteiger partial charge on any atom is 0.262 e. The van der Waals surface area contributed by atoms with Crippen LogP contribution in [0, 0.1) is 5.92 Å². The predicted octanol–water partition coefficient (Wildman–Crippen LogP) is 5.18. The van der Waals surface area contributed by atoms with E-state index in [-0.39, 0.29) is 11.8 Å². The average Bonchev–Trinajstić information content (AvgIpc) is 2.96. The Morgan fingerprint density at radius 1 is 0.778 bits per heavy atom. The monoisotopic (exact) mass is 361 g/mol. The molecule has 1 aliphatic rings. The highest BCUT2D eigenvalue weighted by Crippen LogP contribution is 2.36. The number of imide groups is 1. The first-order chi connectivity index (χ1) is 13.2. The number of benzene rings is 2. The number of carbonyl (C=O) groups excluding carboxylic acids is 2. The number of hydrogen-bond acceptors (Lipinski definition) is 2. The zero-order valence-corrected chi connectivity index (χ0v) is 16.2. The van der Waals surface area contributed by atoms with Crippen LogP contribution in [0.1, 0.15) is 50.7 Å². The number of unbranched alkanes of at least 4 members (excludes halogenated alkanes) is 1. The summed E-state index contributed by atoms with van der Waals surface area (Å²) < 4.78 is 0. The van der Waals surface area contributed by atoms with Gasteiger partial charge in [-0.2, -0.15) is 0 Å². The van der Waals surface area contributed by atoms with Crippen molar-refractivity contribution in [2.75, 3.05) is 6.54 Å². The van der Waals surface area contributed by atoms with Gasteiger partial charge in [0.15, 0.2) is 0 Å². The Bertz CT molecular complexity index is 762. The summed E-state index contributed by atoms with van der Waals surface area (Å²) in [6.07, 6.45) is 4.27. The van der Waals surface area contributed by atoms with Crippen LogP contribution in [0.25, 0.3) is 11.1 Å². The fraction of sp³-hybridized carbons (Fsp3) is 0.333. The van der Waals surface area contributed by atoms with E-state index in [0.717, 1.165) is 36.8 Å². The van der Waals surface area contributed by atoms with Crippen molar-refractivity contribution in [2.24, 2.45) is 5.92 Å². The van der Waals surface area contributed by atoms with Crippen molar-refractivity contribution in [3.63, 3.8) is 0 Å². The third-order valence-corrected chi connectivity index (χ3v) is 5.28. The summed E-state index contributed by atoms with van der Waals surface area (Å²) in [5, 5.41) is 0. The molecule has 1 heterocycles. The minimum absolute atomic E-state index is 0.167. The number of rotatable bonds is 8. The van der Waals surface area contributed by atoms with Crippen LogP contribution < -0.4 is 0 Å². The van der Waals surface area contributed by atoms with Crippen LogP contribution in [-0.4, -0.2) is 23.3 Å². The molecule has 27 heavy (non-hydrogen) atoms. The first kappa shape index (κ1) is 19.1. The second kappa shape index (κ2) is 8.81. The zero-order chi connectivity index (χ0) is 19.2. The van der Waals surface area contributed by atoms with Gasteiger partial charge in [0, 0.05) is 6.54 Å². The lowest BCUT2D eigenvalue weighted by Gasteiger charge is -2.22. The van der Waals surface area contributed by atoms with Gasteiger partial charge in [-0.15, -0.1) is 0 Å². The largest absolute Gasteiger partial charge is 0.274 e. The van der Waals surface area contributed by atoms with Gasteiger partial charge in [0.25, 0.3) is 11.8 Å². The van der Waals surface area contributed by atoms with Crippen LogP contribution in [0.5, 0.6) is 0 Å². The molecular weight excluding hydrogens is 334 g/mol. The van der Waals surface area contributed by atoms with Crippen LogP contribution in [0.4, 0.5) is 0 Å². The smallest absolute Gasteiger partial charge is 0.262 e. The molecule has 0 spiro atoms. The molecule has 3 rings (SSSR count). The molecule has 2 aromatic carbocycles. The molecule has 0 fully saturated rings. The highest BCUT2D eigenvalue weighted by atomic mass is 16.2. The van der Waals surface area contributed by atoms with E-state index in [2.05, 4.69) is 13.8 Å². The molecule has 0 N–H and O–H groups in total. The zero-order valence-electron chi connectivity index (χ0n) is 16.2. The molecule has 1 atom stereocenters. The van der Waals surface area contributed by atoms with E-state index < -0.39 is 0 Å². The maximum atomic E-state index is 13.3. The first-order valence-electron chi connectivity index (χ1n) is 9.88. The van der Waals surface area contributed by atoms with Gasteiger partial charge in [0.2, 0.25) is 0 Å². The molecular formula is C24H27NO2. The second-order valence-corrected chi connectivity index (χ2v) is 7.12. The second-order valence-electron chi connectivity index (χ2n) is 7.12. The van der Waals surface area contributed by atoms with Crippen molar-refractivity contribution in [3.05, 3.63) is 71.8 Å². The molecule has 1 aliphatic heterocycles. The molecule has 3 heteroatoms. The van der Waals surface area contributed by atoms with E-state index in [9.17, 15) is 9.59 Å². The summed E-state index contributed by atoms with van der Waals surface area (Å²) in [5.74, 6) is 0.0185. The average molecular weight is 361 g/mol. The van der Waals surface area contributed by atoms with Gasteiger partial charge in [-0.05, 0) is 23.5 Å². The highest BCUT2D eigenvalue weighted by molar-refractivity contribution is 6.48. The molecule has 140 valence electrons. The van der Waals surface area contributed by atoms with Crippen LogP contribution in [0.15, 0.2) is 60.7 Å². The minimum Gasteiger partial charge on any atom is -0.274 e. The van der Waals surface area contributed by atoms with E-state index in [0.29, 0.717) is 23.6 Å². The summed E-state index contributed by atoms with van der Waals surface area (Å²) in [5.41, 5.74) is 2.66. The Kier molecular flexibility index (Phi) is 6.23. The lowest BCUT2D eigenvalue weighted by molar-refractivity contribution is -0.136. The molecule has 0 bridgehead atoms. The van der Waals surface area contributed by atoms with E-state index in [4.69, 9.17) is 0 Å². The lowest BCUT2D eigenvalue weighted by atomic mass is 9.96. The summed E-state index contributed by atoms with van der Waals surface area (Å²) in [6.45, 7) is 4.80. The summed E-state index contributed by atoms with van der Waals surface area (Å²) in [4.78, 5) is 28.0. The molecule has 1 unspecified atom stereocenters. The van der Waals surface area contributed by atoms with Gasteiger partial charge in [0.05, 0.1) is 11.1 Å². The van der Waals surface area contributed by atoms with Crippen molar-refractivity contribution in [3.8, 4) is 0 Å². The molecule has 2 aromatic rings. The van der Waals surface area contributed by atoms with Gasteiger partial charge < -0.3 is 0 Å². The Labute approximate surface area is 161 Å². The standard InChI is InChI=1S/C24H27NO2/c1-3-5-12-18(4-2)17-25-23(26)21(19-13-8-6-9-14-19)22(24(25)27)20-15-10-7-11-16-20/h6-11,13-16,18H,3-5,12,17H2,1-2H3. The number of amides is 2. The topological polar surface area (TPSA) is 37.4 Å². The van der Waals surface area contributed by atoms with Crippen molar-refractivity contribution < 1.29 is 9.59 Å². The Balaban J connectivity index is 1.99. The fourth-order valence-electron chi connectivity index (χ4n) is 3.66. The Hall–Kier alpha value is -2.68. The van der Waals surface area contributed by atoms with Crippen LogP contribution in [0.2, 0.25) is 0 Å².